The Morgan fingerprint density at radius 3 is 2.00 bits per heavy atom. The standard InChI is InChI=1S/C9H3F5N4O/c10-3-2(4(11)6(13)7(14)5(3)12)8(19)17-9-15-1-16-18-9/h1H,(H2,15,16,17,18,19). The third-order valence-corrected chi connectivity index (χ3v) is 2.08. The lowest BCUT2D eigenvalue weighted by molar-refractivity contribution is 0.101. The normalized spacial score (nSPS) is 10.6. The number of carbonyl (C=O) groups is 1. The molecule has 0 aliphatic heterocycles. The van der Waals surface area contributed by atoms with E-state index in [1.807, 2.05) is 0 Å². The van der Waals surface area contributed by atoms with Crippen LogP contribution in [0.2, 0.25) is 0 Å². The first kappa shape index (κ1) is 12.9. The van der Waals surface area contributed by atoms with Crippen molar-refractivity contribution < 1.29 is 26.7 Å². The summed E-state index contributed by atoms with van der Waals surface area (Å²) < 4.78 is 65.0. The number of H-pyrrole nitrogens is 1. The van der Waals surface area contributed by atoms with Crippen LogP contribution in [0.25, 0.3) is 0 Å². The van der Waals surface area contributed by atoms with Gasteiger partial charge in [0.25, 0.3) is 5.91 Å². The maximum Gasteiger partial charge on any atom is 0.264 e. The summed E-state index contributed by atoms with van der Waals surface area (Å²) in [5.41, 5.74) is -1.60. The number of rotatable bonds is 2. The smallest absolute Gasteiger partial charge is 0.264 e. The van der Waals surface area contributed by atoms with Crippen molar-refractivity contribution in [2.24, 2.45) is 0 Å². The molecule has 0 unspecified atom stereocenters. The molecule has 0 atom stereocenters. The van der Waals surface area contributed by atoms with Crippen LogP contribution in [-0.4, -0.2) is 21.1 Å². The monoisotopic (exact) mass is 278 g/mol. The summed E-state index contributed by atoms with van der Waals surface area (Å²) in [5, 5.41) is 7.22. The number of aromatic amines is 1. The number of benzene rings is 1. The van der Waals surface area contributed by atoms with Gasteiger partial charge < -0.3 is 0 Å². The average molecular weight is 278 g/mol. The van der Waals surface area contributed by atoms with Gasteiger partial charge in [-0.05, 0) is 0 Å². The molecule has 2 aromatic rings. The summed E-state index contributed by atoms with van der Waals surface area (Å²) >= 11 is 0. The maximum absolute atomic E-state index is 13.3. The van der Waals surface area contributed by atoms with Crippen LogP contribution in [0, 0.1) is 29.1 Å². The summed E-state index contributed by atoms with van der Waals surface area (Å²) in [4.78, 5) is 14.8. The predicted molar refractivity (Wildman–Crippen MR) is 50.6 cm³/mol. The SMILES string of the molecule is O=C(Nc1ncn[nH]1)c1c(F)c(F)c(F)c(F)c1F. The molecule has 0 aliphatic carbocycles. The minimum atomic E-state index is -2.34. The van der Waals surface area contributed by atoms with Gasteiger partial charge in [0, 0.05) is 0 Å². The van der Waals surface area contributed by atoms with Crippen LogP contribution in [0.3, 0.4) is 0 Å². The molecule has 10 heteroatoms. The van der Waals surface area contributed by atoms with Crippen LogP contribution in [-0.2, 0) is 0 Å². The predicted octanol–water partition coefficient (Wildman–Crippen LogP) is 1.75. The fourth-order valence-electron chi connectivity index (χ4n) is 1.24. The number of halogens is 5. The fourth-order valence-corrected chi connectivity index (χ4v) is 1.24. The lowest BCUT2D eigenvalue weighted by atomic mass is 10.1. The highest BCUT2D eigenvalue weighted by atomic mass is 19.2. The second kappa shape index (κ2) is 4.63. The van der Waals surface area contributed by atoms with E-state index in [1.54, 1.807) is 5.32 Å². The molecule has 0 aliphatic rings. The van der Waals surface area contributed by atoms with Crippen molar-refractivity contribution in [1.29, 1.82) is 0 Å². The van der Waals surface area contributed by atoms with E-state index >= 15 is 0 Å². The van der Waals surface area contributed by atoms with Gasteiger partial charge in [-0.2, -0.15) is 10.1 Å². The number of aromatic nitrogens is 3. The molecule has 5 nitrogen and oxygen atoms in total. The molecule has 100 valence electrons. The number of anilines is 1. The lowest BCUT2D eigenvalue weighted by Gasteiger charge is -2.07. The second-order valence-electron chi connectivity index (χ2n) is 3.23. The third kappa shape index (κ3) is 2.11. The number of amides is 1. The third-order valence-electron chi connectivity index (χ3n) is 2.08. The zero-order valence-corrected chi connectivity index (χ0v) is 8.77. The molecule has 0 radical (unpaired) electrons. The van der Waals surface area contributed by atoms with Gasteiger partial charge in [-0.15, -0.1) is 0 Å². The van der Waals surface area contributed by atoms with Gasteiger partial charge in [-0.3, -0.25) is 10.1 Å². The Kier molecular flexibility index (Phi) is 3.15. The zero-order valence-electron chi connectivity index (χ0n) is 8.77. The molecule has 1 amide bonds. The number of nitrogens with one attached hydrogen (secondary N) is 2. The largest absolute Gasteiger partial charge is 0.291 e. The molecule has 2 N–H and O–H groups in total. The molecule has 2 rings (SSSR count). The zero-order chi connectivity index (χ0) is 14.2. The fraction of sp³-hybridized carbons (Fsp3) is 0. The molecule has 1 heterocycles. The van der Waals surface area contributed by atoms with E-state index in [9.17, 15) is 26.7 Å². The van der Waals surface area contributed by atoms with Crippen LogP contribution in [0.1, 0.15) is 10.4 Å². The number of carbonyl (C=O) groups excluding carboxylic acids is 1. The van der Waals surface area contributed by atoms with E-state index in [0.29, 0.717) is 0 Å². The molecule has 1 aromatic carbocycles. The Morgan fingerprint density at radius 1 is 1.00 bits per heavy atom. The number of nitrogens with zero attached hydrogens (tertiary/aromatic N) is 2. The van der Waals surface area contributed by atoms with Crippen molar-refractivity contribution in [3.8, 4) is 0 Å². The number of hydrogen-bond donors (Lipinski definition) is 2. The van der Waals surface area contributed by atoms with Gasteiger partial charge >= 0.3 is 0 Å². The van der Waals surface area contributed by atoms with E-state index in [2.05, 4.69) is 15.2 Å². The van der Waals surface area contributed by atoms with Crippen molar-refractivity contribution in [3.63, 3.8) is 0 Å². The first-order chi connectivity index (χ1) is 8.93. The summed E-state index contributed by atoms with van der Waals surface area (Å²) in [6.07, 6.45) is 0.966. The van der Waals surface area contributed by atoms with Crippen LogP contribution in [0.15, 0.2) is 6.33 Å². The Morgan fingerprint density at radius 2 is 1.53 bits per heavy atom. The minimum Gasteiger partial charge on any atom is -0.291 e. The highest BCUT2D eigenvalue weighted by Gasteiger charge is 2.29. The molecule has 0 saturated carbocycles. The molecule has 1 aromatic heterocycles. The van der Waals surface area contributed by atoms with E-state index in [-0.39, 0.29) is 5.95 Å². The molecular formula is C9H3F5N4O. The first-order valence-corrected chi connectivity index (χ1v) is 4.61. The molecule has 0 bridgehead atoms. The lowest BCUT2D eigenvalue weighted by Crippen LogP contribution is -2.20. The van der Waals surface area contributed by atoms with Crippen molar-refractivity contribution in [2.45, 2.75) is 0 Å². The Hall–Kier alpha value is -2.52. The Balaban J connectivity index is 2.48. The van der Waals surface area contributed by atoms with Crippen molar-refractivity contribution in [2.75, 3.05) is 5.32 Å². The van der Waals surface area contributed by atoms with Gasteiger partial charge in [-0.1, -0.05) is 0 Å². The quantitative estimate of drug-likeness (QED) is 0.499. The molecular weight excluding hydrogens is 275 g/mol. The van der Waals surface area contributed by atoms with Gasteiger partial charge in [0.1, 0.15) is 11.9 Å². The Bertz CT molecular complexity index is 614. The molecule has 19 heavy (non-hydrogen) atoms. The van der Waals surface area contributed by atoms with Crippen LogP contribution in [0.5, 0.6) is 0 Å². The first-order valence-electron chi connectivity index (χ1n) is 4.61. The summed E-state index contributed by atoms with van der Waals surface area (Å²) in [5.74, 6) is -13.1. The average Bonchev–Trinajstić information content (AvgIpc) is 2.87. The molecule has 0 fully saturated rings. The summed E-state index contributed by atoms with van der Waals surface area (Å²) in [6.45, 7) is 0. The van der Waals surface area contributed by atoms with Crippen LogP contribution in [0.4, 0.5) is 27.9 Å². The highest BCUT2D eigenvalue weighted by Crippen LogP contribution is 2.23. The second-order valence-corrected chi connectivity index (χ2v) is 3.23. The molecule has 0 spiro atoms. The number of hydrogen-bond acceptors (Lipinski definition) is 3. The van der Waals surface area contributed by atoms with Crippen LogP contribution < -0.4 is 5.32 Å². The van der Waals surface area contributed by atoms with Crippen molar-refractivity contribution in [1.82, 2.24) is 15.2 Å². The van der Waals surface area contributed by atoms with E-state index in [1.165, 1.54) is 0 Å². The Labute approximate surface area is 101 Å². The maximum atomic E-state index is 13.3. The van der Waals surface area contributed by atoms with E-state index in [4.69, 9.17) is 0 Å². The van der Waals surface area contributed by atoms with Gasteiger partial charge in [-0.25, -0.2) is 27.1 Å². The van der Waals surface area contributed by atoms with Crippen LogP contribution >= 0.6 is 0 Å². The molecule has 0 saturated heterocycles. The highest BCUT2D eigenvalue weighted by molar-refractivity contribution is 6.03. The van der Waals surface area contributed by atoms with Crippen molar-refractivity contribution in [3.05, 3.63) is 41.0 Å². The van der Waals surface area contributed by atoms with Crippen molar-refractivity contribution >= 4 is 11.9 Å². The summed E-state index contributed by atoms with van der Waals surface area (Å²) in [6, 6.07) is 0. The van der Waals surface area contributed by atoms with E-state index in [0.717, 1.165) is 6.33 Å². The van der Waals surface area contributed by atoms with E-state index < -0.39 is 40.6 Å². The van der Waals surface area contributed by atoms with Gasteiger partial charge in [0.05, 0.1) is 0 Å². The summed E-state index contributed by atoms with van der Waals surface area (Å²) in [7, 11) is 0. The minimum absolute atomic E-state index is 0.311. The van der Waals surface area contributed by atoms with Gasteiger partial charge in [0.2, 0.25) is 11.8 Å². The topological polar surface area (TPSA) is 70.7 Å². The van der Waals surface area contributed by atoms with Gasteiger partial charge in [0.15, 0.2) is 23.3 Å².